The molecule has 2 aromatic heterocycles. The molecule has 0 spiro atoms. The first-order valence-corrected chi connectivity index (χ1v) is 10.1. The third kappa shape index (κ3) is 4.11. The van der Waals surface area contributed by atoms with Crippen molar-refractivity contribution in [1.82, 2.24) is 19.9 Å². The van der Waals surface area contributed by atoms with Crippen LogP contribution in [0.2, 0.25) is 0 Å². The molecule has 1 N–H and O–H groups in total. The molecule has 0 aliphatic rings. The molecule has 0 atom stereocenters. The second kappa shape index (κ2) is 8.50. The third-order valence-electron chi connectivity index (χ3n) is 4.38. The second-order valence-corrected chi connectivity index (χ2v) is 7.46. The predicted octanol–water partition coefficient (Wildman–Crippen LogP) is 4.41. The van der Waals surface area contributed by atoms with E-state index in [2.05, 4.69) is 20.7 Å². The molecule has 0 radical (unpaired) electrons. The molecule has 7 nitrogen and oxygen atoms in total. The van der Waals surface area contributed by atoms with Gasteiger partial charge in [0.1, 0.15) is 17.2 Å². The SMILES string of the molecule is Cc1noc(C)c1NC(=O)CSc1nnc(-c2ccc(F)cc2)n1-c1ccccc1. The first kappa shape index (κ1) is 19.8. The maximum Gasteiger partial charge on any atom is 0.234 e. The molecular weight excluding hydrogens is 405 g/mol. The van der Waals surface area contributed by atoms with Crippen molar-refractivity contribution in [2.24, 2.45) is 0 Å². The predicted molar refractivity (Wildman–Crippen MR) is 112 cm³/mol. The highest BCUT2D eigenvalue weighted by Crippen LogP contribution is 2.28. The second-order valence-electron chi connectivity index (χ2n) is 6.52. The van der Waals surface area contributed by atoms with Gasteiger partial charge in [-0.15, -0.1) is 10.2 Å². The largest absolute Gasteiger partial charge is 0.359 e. The lowest BCUT2D eigenvalue weighted by Crippen LogP contribution is -2.15. The number of rotatable bonds is 6. The molecule has 0 bridgehead atoms. The summed E-state index contributed by atoms with van der Waals surface area (Å²) in [4.78, 5) is 12.4. The Balaban J connectivity index is 1.60. The number of nitrogens with one attached hydrogen (secondary N) is 1. The summed E-state index contributed by atoms with van der Waals surface area (Å²) in [5.74, 6) is 0.709. The summed E-state index contributed by atoms with van der Waals surface area (Å²) < 4.78 is 20.3. The number of amides is 1. The number of hydrogen-bond donors (Lipinski definition) is 1. The number of benzene rings is 2. The van der Waals surface area contributed by atoms with Crippen LogP contribution in [0.15, 0.2) is 64.3 Å². The lowest BCUT2D eigenvalue weighted by Gasteiger charge is -2.10. The van der Waals surface area contributed by atoms with Gasteiger partial charge in [-0.1, -0.05) is 35.1 Å². The topological polar surface area (TPSA) is 85.8 Å². The number of thioether (sulfide) groups is 1. The van der Waals surface area contributed by atoms with Crippen LogP contribution in [0.5, 0.6) is 0 Å². The zero-order valence-electron chi connectivity index (χ0n) is 16.3. The van der Waals surface area contributed by atoms with E-state index in [0.29, 0.717) is 28.1 Å². The Morgan fingerprint density at radius 2 is 1.83 bits per heavy atom. The summed E-state index contributed by atoms with van der Waals surface area (Å²) >= 11 is 1.25. The van der Waals surface area contributed by atoms with Gasteiger partial charge >= 0.3 is 0 Å². The van der Waals surface area contributed by atoms with Crippen molar-refractivity contribution in [3.05, 3.63) is 71.9 Å². The molecule has 4 rings (SSSR count). The Hall–Kier alpha value is -3.46. The maximum atomic E-state index is 13.4. The number of para-hydroxylation sites is 1. The molecule has 0 saturated heterocycles. The van der Waals surface area contributed by atoms with E-state index >= 15 is 0 Å². The van der Waals surface area contributed by atoms with Crippen LogP contribution in [0.3, 0.4) is 0 Å². The Bertz CT molecular complexity index is 1150. The minimum atomic E-state index is -0.324. The fraction of sp³-hybridized carbons (Fsp3) is 0.143. The van der Waals surface area contributed by atoms with Crippen LogP contribution in [0.4, 0.5) is 10.1 Å². The number of carbonyl (C=O) groups excluding carboxylic acids is 1. The first-order valence-electron chi connectivity index (χ1n) is 9.15. The quantitative estimate of drug-likeness (QED) is 0.463. The molecule has 0 aliphatic heterocycles. The average molecular weight is 423 g/mol. The average Bonchev–Trinajstić information content (AvgIpc) is 3.32. The van der Waals surface area contributed by atoms with Gasteiger partial charge in [0.25, 0.3) is 0 Å². The highest BCUT2D eigenvalue weighted by molar-refractivity contribution is 7.99. The van der Waals surface area contributed by atoms with E-state index in [1.54, 1.807) is 26.0 Å². The van der Waals surface area contributed by atoms with Gasteiger partial charge in [-0.05, 0) is 50.2 Å². The molecule has 0 unspecified atom stereocenters. The smallest absolute Gasteiger partial charge is 0.234 e. The van der Waals surface area contributed by atoms with Gasteiger partial charge in [0, 0.05) is 11.3 Å². The lowest BCUT2D eigenvalue weighted by molar-refractivity contribution is -0.113. The van der Waals surface area contributed by atoms with Gasteiger partial charge in [-0.25, -0.2) is 4.39 Å². The van der Waals surface area contributed by atoms with E-state index in [9.17, 15) is 9.18 Å². The number of aromatic nitrogens is 4. The van der Waals surface area contributed by atoms with Crippen LogP contribution in [0.1, 0.15) is 11.5 Å². The normalized spacial score (nSPS) is 10.9. The highest BCUT2D eigenvalue weighted by atomic mass is 32.2. The number of halogens is 1. The molecule has 2 heterocycles. The molecule has 0 saturated carbocycles. The van der Waals surface area contributed by atoms with Crippen LogP contribution in [0.25, 0.3) is 17.1 Å². The highest BCUT2D eigenvalue weighted by Gasteiger charge is 2.18. The summed E-state index contributed by atoms with van der Waals surface area (Å²) in [5, 5.41) is 15.8. The van der Waals surface area contributed by atoms with Crippen molar-refractivity contribution in [2.75, 3.05) is 11.1 Å². The van der Waals surface area contributed by atoms with Gasteiger partial charge in [-0.2, -0.15) is 0 Å². The van der Waals surface area contributed by atoms with Gasteiger partial charge in [0.05, 0.1) is 5.75 Å². The summed E-state index contributed by atoms with van der Waals surface area (Å²) in [7, 11) is 0. The standard InChI is InChI=1S/C21H18FN5O2S/c1-13-19(14(2)29-26-13)23-18(28)12-30-21-25-24-20(15-8-10-16(22)11-9-15)27(21)17-6-4-3-5-7-17/h3-11H,12H2,1-2H3,(H,23,28). The molecule has 2 aromatic carbocycles. The number of anilines is 1. The molecule has 152 valence electrons. The minimum absolute atomic E-state index is 0.123. The van der Waals surface area contributed by atoms with Crippen LogP contribution in [-0.4, -0.2) is 31.6 Å². The molecule has 9 heteroatoms. The van der Waals surface area contributed by atoms with Gasteiger partial charge in [0.2, 0.25) is 5.91 Å². The molecule has 1 amide bonds. The summed E-state index contributed by atoms with van der Waals surface area (Å²) in [6, 6.07) is 15.6. The van der Waals surface area contributed by atoms with E-state index in [1.807, 2.05) is 34.9 Å². The van der Waals surface area contributed by atoms with Crippen molar-refractivity contribution >= 4 is 23.4 Å². The zero-order valence-corrected chi connectivity index (χ0v) is 17.1. The van der Waals surface area contributed by atoms with E-state index in [-0.39, 0.29) is 17.5 Å². The Morgan fingerprint density at radius 1 is 1.10 bits per heavy atom. The summed E-state index contributed by atoms with van der Waals surface area (Å²) in [6.45, 7) is 3.50. The van der Waals surface area contributed by atoms with Crippen molar-refractivity contribution in [3.63, 3.8) is 0 Å². The first-order chi connectivity index (χ1) is 14.5. The number of aryl methyl sites for hydroxylation is 2. The van der Waals surface area contributed by atoms with Crippen LogP contribution in [-0.2, 0) is 4.79 Å². The minimum Gasteiger partial charge on any atom is -0.359 e. The Kier molecular flexibility index (Phi) is 5.62. The number of nitrogens with zero attached hydrogens (tertiary/aromatic N) is 4. The number of hydrogen-bond acceptors (Lipinski definition) is 6. The van der Waals surface area contributed by atoms with E-state index in [4.69, 9.17) is 4.52 Å². The van der Waals surface area contributed by atoms with Crippen molar-refractivity contribution in [2.45, 2.75) is 19.0 Å². The van der Waals surface area contributed by atoms with Gasteiger partial charge < -0.3 is 9.84 Å². The van der Waals surface area contributed by atoms with Gasteiger partial charge in [-0.3, -0.25) is 9.36 Å². The lowest BCUT2D eigenvalue weighted by atomic mass is 10.2. The molecule has 0 fully saturated rings. The zero-order chi connectivity index (χ0) is 21.1. The van der Waals surface area contributed by atoms with Crippen LogP contribution in [0, 0.1) is 19.7 Å². The molecule has 4 aromatic rings. The molecular formula is C21H18FN5O2S. The maximum absolute atomic E-state index is 13.4. The fourth-order valence-corrected chi connectivity index (χ4v) is 3.68. The Morgan fingerprint density at radius 3 is 2.50 bits per heavy atom. The van der Waals surface area contributed by atoms with Gasteiger partial charge in [0.15, 0.2) is 16.7 Å². The van der Waals surface area contributed by atoms with E-state index < -0.39 is 0 Å². The van der Waals surface area contributed by atoms with Crippen molar-refractivity contribution in [3.8, 4) is 17.1 Å². The number of carbonyl (C=O) groups is 1. The van der Waals surface area contributed by atoms with Crippen molar-refractivity contribution < 1.29 is 13.7 Å². The molecule has 30 heavy (non-hydrogen) atoms. The van der Waals surface area contributed by atoms with E-state index in [0.717, 1.165) is 11.3 Å². The molecule has 0 aliphatic carbocycles. The van der Waals surface area contributed by atoms with Crippen LogP contribution >= 0.6 is 11.8 Å². The fourth-order valence-electron chi connectivity index (χ4n) is 2.93. The Labute approximate surface area is 176 Å². The van der Waals surface area contributed by atoms with Crippen molar-refractivity contribution in [1.29, 1.82) is 0 Å². The summed E-state index contributed by atoms with van der Waals surface area (Å²) in [6.07, 6.45) is 0. The van der Waals surface area contributed by atoms with E-state index in [1.165, 1.54) is 23.9 Å². The monoisotopic (exact) mass is 423 g/mol. The van der Waals surface area contributed by atoms with Crippen LogP contribution < -0.4 is 5.32 Å². The third-order valence-corrected chi connectivity index (χ3v) is 5.31. The summed E-state index contributed by atoms with van der Waals surface area (Å²) in [5.41, 5.74) is 2.77.